The van der Waals surface area contributed by atoms with Gasteiger partial charge < -0.3 is 4.57 Å². The van der Waals surface area contributed by atoms with Crippen LogP contribution in [0, 0.1) is 6.92 Å². The predicted molar refractivity (Wildman–Crippen MR) is 298 cm³/mol. The van der Waals surface area contributed by atoms with Crippen molar-refractivity contribution < 1.29 is 0 Å². The van der Waals surface area contributed by atoms with Crippen molar-refractivity contribution in [3.05, 3.63) is 211 Å². The van der Waals surface area contributed by atoms with Crippen LogP contribution in [0.5, 0.6) is 0 Å². The van der Waals surface area contributed by atoms with E-state index in [9.17, 15) is 0 Å². The highest BCUT2D eigenvalue weighted by atomic mass is 28.3. The lowest BCUT2D eigenvalue weighted by atomic mass is 9.91. The summed E-state index contributed by atoms with van der Waals surface area (Å²) in [5.41, 5.74) is 14.7. The van der Waals surface area contributed by atoms with E-state index in [4.69, 9.17) is 0 Å². The summed E-state index contributed by atoms with van der Waals surface area (Å²) >= 11 is 0. The van der Waals surface area contributed by atoms with Gasteiger partial charge in [0.1, 0.15) is 0 Å². The molecule has 68 heavy (non-hydrogen) atoms. The van der Waals surface area contributed by atoms with E-state index in [0.29, 0.717) is 0 Å². The summed E-state index contributed by atoms with van der Waals surface area (Å²) in [4.78, 5) is 0. The van der Waals surface area contributed by atoms with Crippen LogP contribution in [-0.4, -0.2) is 12.6 Å². The molecular weight excluding hydrogens is 835 g/mol. The molecule has 0 radical (unpaired) electrons. The molecule has 0 bridgehead atoms. The van der Waals surface area contributed by atoms with E-state index in [1.807, 2.05) is 0 Å². The first-order valence-corrected chi connectivity index (χ1v) is 27.4. The highest BCUT2D eigenvalue weighted by molar-refractivity contribution is 6.88. The Morgan fingerprint density at radius 2 is 0.676 bits per heavy atom. The molecule has 14 aromatic rings. The molecule has 0 spiro atoms. The Morgan fingerprint density at radius 3 is 1.12 bits per heavy atom. The molecule has 0 aliphatic heterocycles. The average molecular weight is 882 g/mol. The minimum Gasteiger partial charge on any atom is -0.309 e. The van der Waals surface area contributed by atoms with Gasteiger partial charge in [0.25, 0.3) is 0 Å². The molecule has 320 valence electrons. The van der Waals surface area contributed by atoms with E-state index >= 15 is 0 Å². The van der Waals surface area contributed by atoms with Crippen molar-refractivity contribution in [1.82, 2.24) is 4.57 Å². The Labute approximate surface area is 396 Å². The average Bonchev–Trinajstić information content (AvgIpc) is 3.70. The number of aryl methyl sites for hydroxylation is 1. The third kappa shape index (κ3) is 5.87. The number of hydrogen-bond donors (Lipinski definition) is 0. The highest BCUT2D eigenvalue weighted by Gasteiger charge is 2.22. The molecule has 0 fully saturated rings. The van der Waals surface area contributed by atoms with Crippen molar-refractivity contribution in [2.45, 2.75) is 26.6 Å². The Balaban J connectivity index is 0.885. The maximum absolute atomic E-state index is 4.35. The standard InChI is InChI=1S/C66H47NSi/c1-39-9-11-47-31-53(32-48-12-10-40(2)61(39)63(47)48)41-13-17-43(18-14-41)55-35-51-25-26-52-36-56(38-60-66(52)65(51)59(37-55)67(60)57-27-29-58(30-28-57)68(3,4)5)44-19-15-42(16-20-44)54-33-49-23-21-45-7-6-8-46-22-24-50(34-54)64(49)62(45)46/h6-38H,1H2,2-5H3. The Hall–Kier alpha value is -8.04. The lowest BCUT2D eigenvalue weighted by Gasteiger charge is -2.17. The van der Waals surface area contributed by atoms with Gasteiger partial charge in [0.05, 0.1) is 19.1 Å². The second-order valence-corrected chi connectivity index (χ2v) is 25.4. The number of aromatic nitrogens is 1. The predicted octanol–water partition coefficient (Wildman–Crippen LogP) is 17.2. The number of benzene rings is 13. The second kappa shape index (κ2) is 14.2. The molecule has 0 saturated heterocycles. The van der Waals surface area contributed by atoms with Crippen LogP contribution in [0.3, 0.4) is 0 Å². The largest absolute Gasteiger partial charge is 0.309 e. The molecular formula is C66H47NSi. The molecule has 1 heterocycles. The van der Waals surface area contributed by atoms with Crippen LogP contribution in [0.4, 0.5) is 0 Å². The molecule has 0 saturated carbocycles. The van der Waals surface area contributed by atoms with Crippen LogP contribution >= 0.6 is 0 Å². The van der Waals surface area contributed by atoms with Crippen molar-refractivity contribution in [1.29, 1.82) is 0 Å². The maximum atomic E-state index is 4.35. The van der Waals surface area contributed by atoms with Gasteiger partial charge >= 0.3 is 0 Å². The van der Waals surface area contributed by atoms with E-state index in [1.165, 1.54) is 147 Å². The van der Waals surface area contributed by atoms with Crippen LogP contribution in [0.2, 0.25) is 19.6 Å². The molecule has 0 aliphatic carbocycles. The maximum Gasteiger partial charge on any atom is 0.0775 e. The molecule has 0 atom stereocenters. The molecule has 13 aromatic carbocycles. The molecule has 14 rings (SSSR count). The monoisotopic (exact) mass is 881 g/mol. The topological polar surface area (TPSA) is 4.93 Å². The first-order valence-electron chi connectivity index (χ1n) is 23.9. The van der Waals surface area contributed by atoms with E-state index in [-0.39, 0.29) is 0 Å². The van der Waals surface area contributed by atoms with Crippen LogP contribution in [0.15, 0.2) is 200 Å². The van der Waals surface area contributed by atoms with Gasteiger partial charge in [-0.3, -0.25) is 0 Å². The third-order valence-corrected chi connectivity index (χ3v) is 17.2. The summed E-state index contributed by atoms with van der Waals surface area (Å²) in [5, 5.41) is 20.7. The number of nitrogens with zero attached hydrogens (tertiary/aromatic N) is 1. The Kier molecular flexibility index (Phi) is 8.20. The minimum atomic E-state index is -1.50. The van der Waals surface area contributed by atoms with E-state index < -0.39 is 8.07 Å². The van der Waals surface area contributed by atoms with Crippen LogP contribution in [0.1, 0.15) is 5.56 Å². The van der Waals surface area contributed by atoms with Crippen molar-refractivity contribution in [2.75, 3.05) is 0 Å². The molecule has 0 unspecified atom stereocenters. The summed E-state index contributed by atoms with van der Waals surface area (Å²) in [6.07, 6.45) is 0. The zero-order valence-electron chi connectivity index (χ0n) is 38.7. The van der Waals surface area contributed by atoms with Gasteiger partial charge in [-0.2, -0.15) is 0 Å². The lowest BCUT2D eigenvalue weighted by molar-refractivity contribution is 1.18. The van der Waals surface area contributed by atoms with E-state index in [0.717, 1.165) is 5.22 Å². The highest BCUT2D eigenvalue weighted by Crippen LogP contribution is 2.44. The zero-order chi connectivity index (χ0) is 45.6. The minimum absolute atomic E-state index is 1.09. The van der Waals surface area contributed by atoms with Crippen LogP contribution < -0.4 is 10.4 Å². The fraction of sp³-hybridized carbons (Fsp3) is 0.0606. The summed E-state index contributed by atoms with van der Waals surface area (Å²) < 4.78 is 2.52. The summed E-state index contributed by atoms with van der Waals surface area (Å²) in [6, 6.07) is 76.1. The summed E-state index contributed by atoms with van der Waals surface area (Å²) in [6.45, 7) is 13.8. The molecule has 0 amide bonds. The van der Waals surface area contributed by atoms with Crippen molar-refractivity contribution >= 4 is 106 Å². The SMILES string of the molecule is C=c1ccc2cc(-c3ccc(-c4cc5ccc6cc(-c7ccc(-c8cc9ccc%10cccc%11ccc(c8)c9c%10%11)cc7)cc7c6c5c(c4)n7-c4ccc([Si](C)(C)C)cc4)cc3)cc3ccc(C)c1c32. The van der Waals surface area contributed by atoms with Gasteiger partial charge in [-0.1, -0.05) is 171 Å². The lowest BCUT2D eigenvalue weighted by Crippen LogP contribution is -2.37. The van der Waals surface area contributed by atoms with Gasteiger partial charge in [-0.15, -0.1) is 0 Å². The molecule has 1 aromatic heterocycles. The van der Waals surface area contributed by atoms with Gasteiger partial charge in [0, 0.05) is 16.5 Å². The van der Waals surface area contributed by atoms with E-state index in [1.54, 1.807) is 0 Å². The summed E-state index contributed by atoms with van der Waals surface area (Å²) in [7, 11) is -1.50. The Morgan fingerprint density at radius 1 is 0.324 bits per heavy atom. The zero-order valence-corrected chi connectivity index (χ0v) is 39.7. The van der Waals surface area contributed by atoms with Gasteiger partial charge in [-0.25, -0.2) is 0 Å². The van der Waals surface area contributed by atoms with E-state index in [2.05, 4.69) is 238 Å². The van der Waals surface area contributed by atoms with Gasteiger partial charge in [0.15, 0.2) is 0 Å². The fourth-order valence-electron chi connectivity index (χ4n) is 11.7. The number of rotatable bonds is 6. The van der Waals surface area contributed by atoms with Gasteiger partial charge in [-0.05, 0) is 188 Å². The first kappa shape index (κ1) is 39.2. The molecule has 1 nitrogen and oxygen atoms in total. The quantitative estimate of drug-likeness (QED) is 0.116. The third-order valence-electron chi connectivity index (χ3n) is 15.2. The number of hydrogen-bond acceptors (Lipinski definition) is 0. The normalized spacial score (nSPS) is 12.5. The fourth-order valence-corrected chi connectivity index (χ4v) is 12.9. The summed E-state index contributed by atoms with van der Waals surface area (Å²) in [5.74, 6) is 0. The molecule has 0 aliphatic rings. The van der Waals surface area contributed by atoms with Crippen LogP contribution in [0.25, 0.3) is 143 Å². The smallest absolute Gasteiger partial charge is 0.0775 e. The molecule has 2 heteroatoms. The van der Waals surface area contributed by atoms with Crippen molar-refractivity contribution in [3.8, 4) is 50.2 Å². The van der Waals surface area contributed by atoms with Gasteiger partial charge in [0.2, 0.25) is 0 Å². The first-order chi connectivity index (χ1) is 33.1. The second-order valence-electron chi connectivity index (χ2n) is 20.3. The van der Waals surface area contributed by atoms with Crippen LogP contribution in [-0.2, 0) is 0 Å². The Bertz CT molecular complexity index is 4310. The molecule has 0 N–H and O–H groups in total. The van der Waals surface area contributed by atoms with Crippen molar-refractivity contribution in [2.24, 2.45) is 0 Å². The van der Waals surface area contributed by atoms with Crippen molar-refractivity contribution in [3.63, 3.8) is 0 Å².